The highest BCUT2D eigenvalue weighted by Crippen LogP contribution is 2.38. The van der Waals surface area contributed by atoms with Gasteiger partial charge in [-0.2, -0.15) is 9.57 Å². The Labute approximate surface area is 252 Å². The number of likely N-dealkylation sites (N-methyl/N-ethyl adjacent to an activating group) is 1. The number of nitriles is 1. The Kier molecular flexibility index (Phi) is 8.71. The lowest BCUT2D eigenvalue weighted by atomic mass is 9.96. The highest BCUT2D eigenvalue weighted by molar-refractivity contribution is 7.89. The number of ether oxygens (including phenoxy) is 1. The fourth-order valence-corrected chi connectivity index (χ4v) is 7.15. The van der Waals surface area contributed by atoms with Crippen molar-refractivity contribution in [2.45, 2.75) is 37.5 Å². The number of amides is 1. The minimum atomic E-state index is -4.01. The van der Waals surface area contributed by atoms with Crippen molar-refractivity contribution < 1.29 is 23.1 Å². The minimum Gasteiger partial charge on any atom is -0.394 e. The van der Waals surface area contributed by atoms with Crippen LogP contribution in [0.1, 0.15) is 35.5 Å². The van der Waals surface area contributed by atoms with E-state index in [1.54, 1.807) is 24.0 Å². The minimum absolute atomic E-state index is 0.00313. The number of aryl methyl sites for hydroxylation is 1. The van der Waals surface area contributed by atoms with Crippen LogP contribution >= 0.6 is 0 Å². The van der Waals surface area contributed by atoms with Crippen LogP contribution in [0.2, 0.25) is 0 Å². The normalized spacial score (nSPS) is 18.5. The van der Waals surface area contributed by atoms with E-state index in [4.69, 9.17) is 4.74 Å². The van der Waals surface area contributed by atoms with Gasteiger partial charge in [0.15, 0.2) is 0 Å². The molecule has 9 nitrogen and oxygen atoms in total. The fraction of sp³-hybridized carbons (Fsp3) is 0.333. The first kappa shape index (κ1) is 30.4. The van der Waals surface area contributed by atoms with Gasteiger partial charge in [0.2, 0.25) is 10.0 Å². The predicted octanol–water partition coefficient (Wildman–Crippen LogP) is 4.40. The zero-order valence-electron chi connectivity index (χ0n) is 24.8. The summed E-state index contributed by atoms with van der Waals surface area (Å²) in [6, 6.07) is 23.2. The van der Waals surface area contributed by atoms with Gasteiger partial charge in [-0.25, -0.2) is 8.42 Å². The lowest BCUT2D eigenvalue weighted by molar-refractivity contribution is -0.0147. The molecule has 0 aliphatic carbocycles. The average molecular weight is 601 g/mol. The molecular weight excluding hydrogens is 564 g/mol. The fourth-order valence-electron chi connectivity index (χ4n) is 5.83. The number of fused-ring (bicyclic) bond motifs is 5. The maximum absolute atomic E-state index is 14.5. The number of hydrogen-bond acceptors (Lipinski definition) is 6. The van der Waals surface area contributed by atoms with E-state index in [2.05, 4.69) is 0 Å². The highest BCUT2D eigenvalue weighted by Gasteiger charge is 2.35. The number of para-hydroxylation sites is 1. The Bertz CT molecular complexity index is 1810. The van der Waals surface area contributed by atoms with Crippen LogP contribution < -0.4 is 0 Å². The third-order valence-electron chi connectivity index (χ3n) is 8.36. The highest BCUT2D eigenvalue weighted by atomic mass is 32.2. The van der Waals surface area contributed by atoms with Crippen molar-refractivity contribution in [3.63, 3.8) is 0 Å². The van der Waals surface area contributed by atoms with Crippen molar-refractivity contribution in [3.05, 3.63) is 89.6 Å². The van der Waals surface area contributed by atoms with Gasteiger partial charge in [0.05, 0.1) is 35.8 Å². The second-order valence-corrected chi connectivity index (χ2v) is 13.2. The van der Waals surface area contributed by atoms with E-state index in [9.17, 15) is 23.6 Å². The molecule has 10 heteroatoms. The van der Waals surface area contributed by atoms with Crippen molar-refractivity contribution in [3.8, 4) is 17.2 Å². The smallest absolute Gasteiger partial charge is 0.271 e. The number of carbonyl (C=O) groups is 1. The number of aliphatic hydroxyl groups is 1. The molecule has 1 aliphatic rings. The topological polar surface area (TPSA) is 116 Å². The first-order valence-electron chi connectivity index (χ1n) is 14.2. The van der Waals surface area contributed by atoms with Crippen LogP contribution in [0.25, 0.3) is 22.0 Å². The summed E-state index contributed by atoms with van der Waals surface area (Å²) in [7, 11) is -0.661. The van der Waals surface area contributed by atoms with Crippen LogP contribution in [0.5, 0.6) is 0 Å². The molecule has 1 aliphatic heterocycles. The maximum Gasteiger partial charge on any atom is 0.271 e. The first-order valence-corrected chi connectivity index (χ1v) is 15.7. The summed E-state index contributed by atoms with van der Waals surface area (Å²) >= 11 is 0. The molecule has 43 heavy (non-hydrogen) atoms. The lowest BCUT2D eigenvalue weighted by Crippen LogP contribution is -2.48. The van der Waals surface area contributed by atoms with Gasteiger partial charge in [-0.3, -0.25) is 4.79 Å². The van der Waals surface area contributed by atoms with Gasteiger partial charge in [-0.15, -0.1) is 0 Å². The van der Waals surface area contributed by atoms with E-state index in [1.807, 2.05) is 73.1 Å². The van der Waals surface area contributed by atoms with Crippen LogP contribution in [0.3, 0.4) is 0 Å². The summed E-state index contributed by atoms with van der Waals surface area (Å²) in [5.74, 6) is -0.535. The molecule has 0 spiro atoms. The van der Waals surface area contributed by atoms with Crippen LogP contribution in [-0.4, -0.2) is 72.1 Å². The average Bonchev–Trinajstić information content (AvgIpc) is 3.31. The Morgan fingerprint density at radius 3 is 2.51 bits per heavy atom. The molecule has 0 fully saturated rings. The number of carbonyl (C=O) groups excluding carboxylic acids is 1. The lowest BCUT2D eigenvalue weighted by Gasteiger charge is -2.35. The Balaban J connectivity index is 1.61. The van der Waals surface area contributed by atoms with Gasteiger partial charge >= 0.3 is 0 Å². The van der Waals surface area contributed by atoms with E-state index in [0.29, 0.717) is 5.69 Å². The molecule has 3 aromatic carbocycles. The molecule has 1 N–H and O–H groups in total. The molecule has 0 radical (unpaired) electrons. The third kappa shape index (κ3) is 5.57. The predicted molar refractivity (Wildman–Crippen MR) is 165 cm³/mol. The summed E-state index contributed by atoms with van der Waals surface area (Å²) < 4.78 is 36.8. The van der Waals surface area contributed by atoms with Gasteiger partial charge in [0, 0.05) is 49.6 Å². The zero-order valence-corrected chi connectivity index (χ0v) is 25.6. The van der Waals surface area contributed by atoms with Crippen molar-refractivity contribution in [1.82, 2.24) is 13.8 Å². The molecule has 1 amide bonds. The number of aromatic nitrogens is 1. The van der Waals surface area contributed by atoms with Crippen molar-refractivity contribution in [2.75, 3.05) is 26.7 Å². The number of hydrogen-bond donors (Lipinski definition) is 1. The standard InChI is InChI=1S/C33H36N4O5S/c1-22-18-37(23(2)20-38)33(39)32-31(27-14-8-9-15-28(27)36(32)4)26-13-7-5-12-25(26)21-42-29(22)19-35(3)43(40,41)30-16-10-6-11-24(30)17-34/h5-16,22-23,29,38H,18-21H2,1-4H3/t22-,23+,29-/m0/s1. The molecule has 0 saturated heterocycles. The second-order valence-electron chi connectivity index (χ2n) is 11.2. The monoisotopic (exact) mass is 600 g/mol. The molecule has 0 bridgehead atoms. The Hall–Kier alpha value is -4.01. The van der Waals surface area contributed by atoms with E-state index in [-0.39, 0.29) is 48.6 Å². The van der Waals surface area contributed by atoms with Crippen LogP contribution in [0, 0.1) is 17.2 Å². The van der Waals surface area contributed by atoms with Gasteiger partial charge < -0.3 is 19.3 Å². The van der Waals surface area contributed by atoms with Crippen molar-refractivity contribution in [2.24, 2.45) is 13.0 Å². The summed E-state index contributed by atoms with van der Waals surface area (Å²) in [5.41, 5.74) is 4.04. The van der Waals surface area contributed by atoms with E-state index < -0.39 is 22.2 Å². The van der Waals surface area contributed by atoms with Crippen LogP contribution in [0.15, 0.2) is 77.7 Å². The Morgan fingerprint density at radius 1 is 1.09 bits per heavy atom. The summed E-state index contributed by atoms with van der Waals surface area (Å²) in [6.45, 7) is 3.90. The van der Waals surface area contributed by atoms with Gasteiger partial charge in [0.1, 0.15) is 11.8 Å². The molecule has 0 saturated carbocycles. The van der Waals surface area contributed by atoms with E-state index in [1.165, 1.54) is 23.5 Å². The van der Waals surface area contributed by atoms with Crippen LogP contribution in [0.4, 0.5) is 0 Å². The quantitative estimate of drug-likeness (QED) is 0.351. The largest absolute Gasteiger partial charge is 0.394 e. The van der Waals surface area contributed by atoms with Gasteiger partial charge in [-0.05, 0) is 36.2 Å². The summed E-state index contributed by atoms with van der Waals surface area (Å²) in [4.78, 5) is 16.1. The number of nitrogens with zero attached hydrogens (tertiary/aromatic N) is 4. The zero-order chi connectivity index (χ0) is 30.9. The van der Waals surface area contributed by atoms with Gasteiger partial charge in [-0.1, -0.05) is 61.5 Å². The molecule has 3 atom stereocenters. The number of aliphatic hydroxyl groups excluding tert-OH is 1. The van der Waals surface area contributed by atoms with E-state index in [0.717, 1.165) is 27.6 Å². The molecule has 0 unspecified atom stereocenters. The molecule has 2 heterocycles. The summed E-state index contributed by atoms with van der Waals surface area (Å²) in [6.07, 6.45) is -0.610. The van der Waals surface area contributed by atoms with Crippen molar-refractivity contribution >= 4 is 26.8 Å². The van der Waals surface area contributed by atoms with Gasteiger partial charge in [0.25, 0.3) is 5.91 Å². The molecule has 224 valence electrons. The Morgan fingerprint density at radius 2 is 1.77 bits per heavy atom. The molecular formula is C33H36N4O5S. The summed E-state index contributed by atoms with van der Waals surface area (Å²) in [5, 5.41) is 20.7. The molecule has 4 aromatic rings. The van der Waals surface area contributed by atoms with Crippen molar-refractivity contribution in [1.29, 1.82) is 5.26 Å². The number of rotatable bonds is 6. The van der Waals surface area contributed by atoms with E-state index >= 15 is 0 Å². The maximum atomic E-state index is 14.5. The second kappa shape index (κ2) is 12.3. The molecule has 1 aromatic heterocycles. The third-order valence-corrected chi connectivity index (χ3v) is 10.2. The number of benzene rings is 3. The molecule has 5 rings (SSSR count). The van der Waals surface area contributed by atoms with Crippen LogP contribution in [-0.2, 0) is 28.4 Å². The first-order chi connectivity index (χ1) is 20.6. The SMILES string of the molecule is C[C@H](CO)N1C[C@H](C)[C@H](CN(C)S(=O)(=O)c2ccccc2C#N)OCc2ccccc2-c2c(n(C)c3ccccc23)C1=O. The number of sulfonamides is 1.